The molecule has 1 aliphatic heterocycles. The van der Waals surface area contributed by atoms with Crippen LogP contribution >= 0.6 is 7.37 Å². The van der Waals surface area contributed by atoms with Crippen molar-refractivity contribution in [3.05, 3.63) is 53.8 Å². The number of hydrogen-bond donors (Lipinski definition) is 4. The van der Waals surface area contributed by atoms with Crippen LogP contribution in [0.15, 0.2) is 42.5 Å². The first kappa shape index (κ1) is 23.4. The third-order valence-corrected chi connectivity index (χ3v) is 8.66. The van der Waals surface area contributed by atoms with Crippen LogP contribution in [0, 0.1) is 5.82 Å². The highest BCUT2D eigenvalue weighted by atomic mass is 31.2. The molecule has 7 nitrogen and oxygen atoms in total. The van der Waals surface area contributed by atoms with Gasteiger partial charge < -0.3 is 20.8 Å². The average Bonchev–Trinajstić information content (AvgIpc) is 2.72. The van der Waals surface area contributed by atoms with E-state index in [1.165, 1.54) is 24.3 Å². The molecule has 168 valence electrons. The van der Waals surface area contributed by atoms with Crippen LogP contribution in [0.3, 0.4) is 0 Å². The van der Waals surface area contributed by atoms with E-state index in [4.69, 9.17) is 5.73 Å². The summed E-state index contributed by atoms with van der Waals surface area (Å²) in [4.78, 5) is 24.6. The van der Waals surface area contributed by atoms with E-state index in [-0.39, 0.29) is 31.4 Å². The summed E-state index contributed by atoms with van der Waals surface area (Å²) in [6.45, 7) is 0.905. The van der Waals surface area contributed by atoms with Crippen molar-refractivity contribution in [1.82, 2.24) is 4.90 Å². The standard InChI is InChI=1S/C22H28FN2O5P/c23-18-6-3-17(20(13-18)16-4-7-19(26)8-5-16)14-25-11-12-31(29,30)22(15-25,21(27)28)9-1-2-10-24/h3-8,13,26H,1-2,9-12,14-15,24H2,(H,27,28)(H,29,30)/t22-/m0/s1. The Labute approximate surface area is 180 Å². The highest BCUT2D eigenvalue weighted by Gasteiger charge is 2.56. The molecule has 1 fully saturated rings. The number of nitrogens with zero attached hydrogens (tertiary/aromatic N) is 1. The van der Waals surface area contributed by atoms with Gasteiger partial charge in [-0.15, -0.1) is 0 Å². The normalized spacial score (nSPS) is 24.2. The quantitative estimate of drug-likeness (QED) is 0.360. The molecule has 1 aliphatic rings. The van der Waals surface area contributed by atoms with Gasteiger partial charge in [0.15, 0.2) is 5.16 Å². The molecule has 0 aliphatic carbocycles. The van der Waals surface area contributed by atoms with Crippen LogP contribution in [0.1, 0.15) is 24.8 Å². The molecule has 2 aromatic rings. The van der Waals surface area contributed by atoms with Gasteiger partial charge in [-0.25, -0.2) is 4.39 Å². The van der Waals surface area contributed by atoms with Crippen molar-refractivity contribution < 1.29 is 28.9 Å². The van der Waals surface area contributed by atoms with Crippen molar-refractivity contribution in [2.75, 3.05) is 25.8 Å². The van der Waals surface area contributed by atoms with Gasteiger partial charge in [-0.2, -0.15) is 0 Å². The Morgan fingerprint density at radius 3 is 2.55 bits per heavy atom. The lowest BCUT2D eigenvalue weighted by Gasteiger charge is -2.43. The van der Waals surface area contributed by atoms with E-state index in [2.05, 4.69) is 0 Å². The van der Waals surface area contributed by atoms with Gasteiger partial charge in [-0.05, 0) is 60.3 Å². The predicted octanol–water partition coefficient (Wildman–Crippen LogP) is 3.24. The van der Waals surface area contributed by atoms with Crippen LogP contribution in [-0.2, 0) is 15.9 Å². The number of carboxylic acids is 1. The first-order valence-corrected chi connectivity index (χ1v) is 12.1. The maximum Gasteiger partial charge on any atom is 0.320 e. The molecule has 1 unspecified atom stereocenters. The summed E-state index contributed by atoms with van der Waals surface area (Å²) in [7, 11) is -3.92. The Hall–Kier alpha value is -2.25. The molecule has 2 aromatic carbocycles. The fraction of sp³-hybridized carbons (Fsp3) is 0.409. The Kier molecular flexibility index (Phi) is 7.17. The van der Waals surface area contributed by atoms with Crippen molar-refractivity contribution in [2.24, 2.45) is 5.73 Å². The highest BCUT2D eigenvalue weighted by molar-refractivity contribution is 7.61. The van der Waals surface area contributed by atoms with E-state index in [9.17, 15) is 28.9 Å². The van der Waals surface area contributed by atoms with Crippen LogP contribution in [0.2, 0.25) is 0 Å². The third-order valence-electron chi connectivity index (χ3n) is 5.96. The Morgan fingerprint density at radius 2 is 1.90 bits per heavy atom. The number of benzene rings is 2. The number of unbranched alkanes of at least 4 members (excludes halogenated alkanes) is 1. The lowest BCUT2D eigenvalue weighted by Crippen LogP contribution is -2.53. The topological polar surface area (TPSA) is 124 Å². The zero-order valence-corrected chi connectivity index (χ0v) is 18.1. The molecule has 1 saturated heterocycles. The molecule has 2 atom stereocenters. The summed E-state index contributed by atoms with van der Waals surface area (Å²) in [5, 5.41) is 17.7. The molecule has 31 heavy (non-hydrogen) atoms. The number of aliphatic carboxylic acids is 1. The maximum atomic E-state index is 14.0. The van der Waals surface area contributed by atoms with Crippen LogP contribution in [0.25, 0.3) is 11.1 Å². The van der Waals surface area contributed by atoms with Crippen LogP contribution in [0.5, 0.6) is 5.75 Å². The molecule has 0 radical (unpaired) electrons. The van der Waals surface area contributed by atoms with Crippen LogP contribution in [0.4, 0.5) is 4.39 Å². The summed E-state index contributed by atoms with van der Waals surface area (Å²) in [6, 6.07) is 10.8. The van der Waals surface area contributed by atoms with Crippen molar-refractivity contribution in [3.63, 3.8) is 0 Å². The lowest BCUT2D eigenvalue weighted by molar-refractivity contribution is -0.141. The molecule has 1 heterocycles. The number of rotatable bonds is 8. The van der Waals surface area contributed by atoms with Gasteiger partial charge in [0.25, 0.3) is 0 Å². The third kappa shape index (κ3) is 4.99. The number of carboxylic acid groups (broad SMARTS) is 1. The molecule has 0 saturated carbocycles. The van der Waals surface area contributed by atoms with Gasteiger partial charge in [0.2, 0.25) is 7.37 Å². The minimum atomic E-state index is -3.92. The fourth-order valence-electron chi connectivity index (χ4n) is 4.16. The Morgan fingerprint density at radius 1 is 1.19 bits per heavy atom. The Bertz CT molecular complexity index is 984. The molecule has 0 bridgehead atoms. The molecule has 0 spiro atoms. The second-order valence-electron chi connectivity index (χ2n) is 8.07. The average molecular weight is 450 g/mol. The van der Waals surface area contributed by atoms with E-state index in [1.54, 1.807) is 18.2 Å². The summed E-state index contributed by atoms with van der Waals surface area (Å²) in [5.41, 5.74) is 7.62. The van der Waals surface area contributed by atoms with Gasteiger partial charge in [-0.3, -0.25) is 14.3 Å². The zero-order valence-electron chi connectivity index (χ0n) is 17.2. The monoisotopic (exact) mass is 450 g/mol. The predicted molar refractivity (Wildman–Crippen MR) is 117 cm³/mol. The zero-order chi connectivity index (χ0) is 22.6. The smallest absolute Gasteiger partial charge is 0.320 e. The summed E-state index contributed by atoms with van der Waals surface area (Å²) in [5.74, 6) is -1.58. The fourth-order valence-corrected chi connectivity index (χ4v) is 6.37. The Balaban J connectivity index is 1.90. The molecule has 3 rings (SSSR count). The molecule has 0 amide bonds. The first-order chi connectivity index (χ1) is 14.7. The first-order valence-electron chi connectivity index (χ1n) is 10.2. The molecule has 0 aromatic heterocycles. The molecule has 5 N–H and O–H groups in total. The minimum absolute atomic E-state index is 0.0624. The second-order valence-corrected chi connectivity index (χ2v) is 10.8. The van der Waals surface area contributed by atoms with Crippen LogP contribution in [-0.4, -0.2) is 56.9 Å². The van der Waals surface area contributed by atoms with Crippen molar-refractivity contribution in [3.8, 4) is 16.9 Å². The van der Waals surface area contributed by atoms with Crippen molar-refractivity contribution in [1.29, 1.82) is 0 Å². The second kappa shape index (κ2) is 9.49. The van der Waals surface area contributed by atoms with E-state index in [0.29, 0.717) is 37.1 Å². The maximum absolute atomic E-state index is 14.0. The van der Waals surface area contributed by atoms with E-state index >= 15 is 0 Å². The SMILES string of the molecule is NCCCC[C@@]1(C(=O)O)CN(Cc2ccc(F)cc2-c2ccc(O)cc2)CCP1(=O)O. The van der Waals surface area contributed by atoms with Gasteiger partial charge in [0.05, 0.1) is 0 Å². The van der Waals surface area contributed by atoms with Crippen molar-refractivity contribution >= 4 is 13.3 Å². The van der Waals surface area contributed by atoms with Gasteiger partial charge in [0.1, 0.15) is 11.6 Å². The number of phenolic OH excluding ortho intramolecular Hbond substituents is 1. The summed E-state index contributed by atoms with van der Waals surface area (Å²) < 4.78 is 26.9. The van der Waals surface area contributed by atoms with Gasteiger partial charge in [0, 0.05) is 25.8 Å². The highest BCUT2D eigenvalue weighted by Crippen LogP contribution is 2.59. The van der Waals surface area contributed by atoms with Gasteiger partial charge in [-0.1, -0.05) is 24.6 Å². The van der Waals surface area contributed by atoms with Gasteiger partial charge >= 0.3 is 5.97 Å². The van der Waals surface area contributed by atoms with Crippen LogP contribution < -0.4 is 5.73 Å². The lowest BCUT2D eigenvalue weighted by atomic mass is 9.97. The summed E-state index contributed by atoms with van der Waals surface area (Å²) >= 11 is 0. The number of hydrogen-bond acceptors (Lipinski definition) is 5. The number of carbonyl (C=O) groups is 1. The number of aromatic hydroxyl groups is 1. The largest absolute Gasteiger partial charge is 0.508 e. The molecular formula is C22H28FN2O5P. The summed E-state index contributed by atoms with van der Waals surface area (Å²) in [6.07, 6.45) is 1.00. The van der Waals surface area contributed by atoms with E-state index in [1.807, 2.05) is 4.90 Å². The number of phenols is 1. The minimum Gasteiger partial charge on any atom is -0.508 e. The molecule has 9 heteroatoms. The van der Waals surface area contributed by atoms with E-state index in [0.717, 1.165) is 5.56 Å². The number of halogens is 1. The van der Waals surface area contributed by atoms with Crippen molar-refractivity contribution in [2.45, 2.75) is 31.0 Å². The van der Waals surface area contributed by atoms with E-state index < -0.39 is 24.3 Å². The number of nitrogens with two attached hydrogens (primary N) is 1. The molecular weight excluding hydrogens is 422 g/mol.